The number of esters is 1. The van der Waals surface area contributed by atoms with Crippen molar-refractivity contribution in [1.29, 1.82) is 0 Å². The number of hydrogen-bond donors (Lipinski definition) is 0. The summed E-state index contributed by atoms with van der Waals surface area (Å²) in [5.41, 5.74) is 1.15. The van der Waals surface area contributed by atoms with E-state index >= 15 is 0 Å². The molecular weight excluding hydrogens is 397 g/mol. The average Bonchev–Trinajstić information content (AvgIpc) is 2.98. The Bertz CT molecular complexity index is 1030. The van der Waals surface area contributed by atoms with Crippen LogP contribution in [0.5, 0.6) is 11.5 Å². The summed E-state index contributed by atoms with van der Waals surface area (Å²) in [5, 5.41) is 0.261. The lowest BCUT2D eigenvalue weighted by atomic mass is 10.1. The minimum atomic E-state index is -0.880. The van der Waals surface area contributed by atoms with Crippen molar-refractivity contribution >= 4 is 17.6 Å². The molecule has 4 rings (SSSR count). The normalized spacial score (nSPS) is 14.0. The van der Waals surface area contributed by atoms with Gasteiger partial charge in [-0.15, -0.1) is 0 Å². The molecule has 0 radical (unpaired) electrons. The fourth-order valence-corrected chi connectivity index (χ4v) is 3.29. The molecule has 0 fully saturated rings. The summed E-state index contributed by atoms with van der Waals surface area (Å²) in [4.78, 5) is 17.2. The molecule has 0 saturated heterocycles. The molecule has 1 atom stereocenters. The first-order valence-electron chi connectivity index (χ1n) is 9.08. The van der Waals surface area contributed by atoms with Gasteiger partial charge in [0, 0.05) is 18.2 Å². The molecule has 3 aromatic rings. The van der Waals surface area contributed by atoms with E-state index in [4.69, 9.17) is 25.8 Å². The Morgan fingerprint density at radius 1 is 1.10 bits per heavy atom. The number of halogens is 2. The maximum absolute atomic E-state index is 13.8. The van der Waals surface area contributed by atoms with E-state index in [-0.39, 0.29) is 10.6 Å². The van der Waals surface area contributed by atoms with E-state index in [2.05, 4.69) is 4.98 Å². The monoisotopic (exact) mass is 413 g/mol. The quantitative estimate of drug-likeness (QED) is 0.564. The molecule has 0 amide bonds. The van der Waals surface area contributed by atoms with Crippen LogP contribution in [0.3, 0.4) is 0 Å². The Kier molecular flexibility index (Phi) is 5.62. The third-order valence-electron chi connectivity index (χ3n) is 4.37. The third kappa shape index (κ3) is 4.32. The van der Waals surface area contributed by atoms with E-state index in [0.29, 0.717) is 42.4 Å². The van der Waals surface area contributed by atoms with Crippen LogP contribution in [0, 0.1) is 5.82 Å². The van der Waals surface area contributed by atoms with Crippen LogP contribution in [-0.4, -0.2) is 24.2 Å². The van der Waals surface area contributed by atoms with Crippen LogP contribution in [0.25, 0.3) is 0 Å². The highest BCUT2D eigenvalue weighted by molar-refractivity contribution is 6.32. The molecular formula is C22H17ClFNO4. The Labute approximate surface area is 172 Å². The molecule has 2 aromatic carbocycles. The first-order valence-corrected chi connectivity index (χ1v) is 9.46. The van der Waals surface area contributed by atoms with Crippen LogP contribution in [0.4, 0.5) is 4.39 Å². The van der Waals surface area contributed by atoms with Gasteiger partial charge in [0.25, 0.3) is 0 Å². The molecule has 0 spiro atoms. The zero-order chi connectivity index (χ0) is 20.2. The average molecular weight is 414 g/mol. The number of pyridine rings is 1. The number of carbonyl (C=O) groups is 1. The summed E-state index contributed by atoms with van der Waals surface area (Å²) >= 11 is 6.28. The minimum Gasteiger partial charge on any atom is -0.489 e. The lowest BCUT2D eigenvalue weighted by Gasteiger charge is -2.19. The van der Waals surface area contributed by atoms with Crippen molar-refractivity contribution in [1.82, 2.24) is 4.98 Å². The molecule has 2 heterocycles. The number of fused-ring (bicyclic) bond motifs is 1. The van der Waals surface area contributed by atoms with Crippen LogP contribution in [0.15, 0.2) is 60.8 Å². The number of rotatable bonds is 4. The van der Waals surface area contributed by atoms with E-state index in [9.17, 15) is 9.18 Å². The minimum absolute atomic E-state index is 0.205. The SMILES string of the molecule is O=C(OC(c1cccc(F)c1)c1ccccn1)c1cc(Cl)c2c(c1)OCCCO2. The first kappa shape index (κ1) is 19.2. The van der Waals surface area contributed by atoms with E-state index in [0.717, 1.165) is 0 Å². The topological polar surface area (TPSA) is 57.7 Å². The molecule has 148 valence electrons. The molecule has 1 unspecified atom stereocenters. The molecule has 0 N–H and O–H groups in total. The molecule has 1 aliphatic heterocycles. The number of aromatic nitrogens is 1. The van der Waals surface area contributed by atoms with Gasteiger partial charge in [0.1, 0.15) is 5.82 Å². The number of carbonyl (C=O) groups excluding carboxylic acids is 1. The second kappa shape index (κ2) is 8.49. The highest BCUT2D eigenvalue weighted by atomic mass is 35.5. The number of hydrogen-bond acceptors (Lipinski definition) is 5. The van der Waals surface area contributed by atoms with Gasteiger partial charge in [-0.25, -0.2) is 9.18 Å². The largest absolute Gasteiger partial charge is 0.489 e. The van der Waals surface area contributed by atoms with Gasteiger partial charge in [-0.2, -0.15) is 0 Å². The molecule has 5 nitrogen and oxygen atoms in total. The van der Waals surface area contributed by atoms with Gasteiger partial charge in [-0.3, -0.25) is 4.98 Å². The zero-order valence-electron chi connectivity index (χ0n) is 15.3. The molecule has 0 bridgehead atoms. The molecule has 29 heavy (non-hydrogen) atoms. The van der Waals surface area contributed by atoms with Crippen molar-refractivity contribution < 1.29 is 23.4 Å². The van der Waals surface area contributed by atoms with Gasteiger partial charge >= 0.3 is 5.97 Å². The van der Waals surface area contributed by atoms with E-state index in [1.807, 2.05) is 0 Å². The predicted octanol–water partition coefficient (Wildman–Crippen LogP) is 4.98. The standard InChI is InChI=1S/C22H17ClFNO4/c23-17-12-15(13-19-21(17)28-10-4-9-27-19)22(26)29-20(18-7-1-2-8-25-18)14-5-3-6-16(24)11-14/h1-3,5-8,11-13,20H,4,9-10H2. The van der Waals surface area contributed by atoms with E-state index < -0.39 is 17.9 Å². The molecule has 0 aliphatic carbocycles. The van der Waals surface area contributed by atoms with Crippen molar-refractivity contribution in [3.8, 4) is 11.5 Å². The summed E-state index contributed by atoms with van der Waals surface area (Å²) in [5.74, 6) is -0.269. The second-order valence-corrected chi connectivity index (χ2v) is 6.84. The lowest BCUT2D eigenvalue weighted by Crippen LogP contribution is -2.14. The highest BCUT2D eigenvalue weighted by Gasteiger charge is 2.24. The summed E-state index contributed by atoms with van der Waals surface area (Å²) in [6.45, 7) is 0.944. The Balaban J connectivity index is 1.67. The van der Waals surface area contributed by atoms with Gasteiger partial charge in [-0.1, -0.05) is 29.8 Å². The van der Waals surface area contributed by atoms with E-state index in [1.165, 1.54) is 24.3 Å². The van der Waals surface area contributed by atoms with Gasteiger partial charge in [0.2, 0.25) is 0 Å². The van der Waals surface area contributed by atoms with Crippen molar-refractivity contribution in [2.75, 3.05) is 13.2 Å². The van der Waals surface area contributed by atoms with E-state index in [1.54, 1.807) is 36.5 Å². The number of nitrogens with zero attached hydrogens (tertiary/aromatic N) is 1. The molecule has 7 heteroatoms. The fourth-order valence-electron chi connectivity index (χ4n) is 3.02. The Hall–Kier alpha value is -3.12. The Morgan fingerprint density at radius 3 is 2.76 bits per heavy atom. The van der Waals surface area contributed by atoms with Gasteiger partial charge in [0.15, 0.2) is 17.6 Å². The van der Waals surface area contributed by atoms with Crippen molar-refractivity contribution in [2.24, 2.45) is 0 Å². The Morgan fingerprint density at radius 2 is 1.97 bits per heavy atom. The predicted molar refractivity (Wildman–Crippen MR) is 105 cm³/mol. The summed E-state index contributed by atoms with van der Waals surface area (Å²) in [7, 11) is 0. The van der Waals surface area contributed by atoms with Gasteiger partial charge in [-0.05, 0) is 36.4 Å². The first-order chi connectivity index (χ1) is 14.1. The van der Waals surface area contributed by atoms with Crippen LogP contribution < -0.4 is 9.47 Å². The molecule has 1 aliphatic rings. The zero-order valence-corrected chi connectivity index (χ0v) is 16.1. The van der Waals surface area contributed by atoms with Crippen molar-refractivity contribution in [3.05, 3.63) is 88.5 Å². The molecule has 1 aromatic heterocycles. The summed E-state index contributed by atoms with van der Waals surface area (Å²) in [6, 6.07) is 14.1. The smallest absolute Gasteiger partial charge is 0.339 e. The number of ether oxygens (including phenoxy) is 3. The number of benzene rings is 2. The fraction of sp³-hybridized carbons (Fsp3) is 0.182. The summed E-state index contributed by atoms with van der Waals surface area (Å²) < 4.78 is 30.7. The highest BCUT2D eigenvalue weighted by Crippen LogP contribution is 2.38. The maximum Gasteiger partial charge on any atom is 0.339 e. The van der Waals surface area contributed by atoms with Crippen LogP contribution >= 0.6 is 11.6 Å². The maximum atomic E-state index is 13.8. The van der Waals surface area contributed by atoms with Crippen molar-refractivity contribution in [2.45, 2.75) is 12.5 Å². The summed E-state index contributed by atoms with van der Waals surface area (Å²) in [6.07, 6.45) is 1.42. The van der Waals surface area contributed by atoms with Crippen LogP contribution in [-0.2, 0) is 4.74 Å². The molecule has 0 saturated carbocycles. The van der Waals surface area contributed by atoms with Crippen LogP contribution in [0.2, 0.25) is 5.02 Å². The lowest BCUT2D eigenvalue weighted by molar-refractivity contribution is 0.0369. The van der Waals surface area contributed by atoms with Gasteiger partial charge < -0.3 is 14.2 Å². The second-order valence-electron chi connectivity index (χ2n) is 6.43. The van der Waals surface area contributed by atoms with Gasteiger partial charge in [0.05, 0.1) is 29.5 Å². The van der Waals surface area contributed by atoms with Crippen molar-refractivity contribution in [3.63, 3.8) is 0 Å². The third-order valence-corrected chi connectivity index (χ3v) is 4.65. The van der Waals surface area contributed by atoms with Crippen LogP contribution in [0.1, 0.15) is 34.1 Å².